The minimum absolute atomic E-state index is 0.0648. The van der Waals surface area contributed by atoms with E-state index in [-0.39, 0.29) is 5.91 Å². The molecule has 0 fully saturated rings. The van der Waals surface area contributed by atoms with Gasteiger partial charge in [0.2, 0.25) is 0 Å². The molecule has 1 aromatic heterocycles. The molecule has 0 unspecified atom stereocenters. The lowest BCUT2D eigenvalue weighted by molar-refractivity contribution is 0.0955. The first-order valence-electron chi connectivity index (χ1n) is 3.99. The third kappa shape index (κ3) is 2.30. The van der Waals surface area contributed by atoms with E-state index in [0.29, 0.717) is 12.1 Å². The Morgan fingerprint density at radius 2 is 2.46 bits per heavy atom. The Hall–Kier alpha value is -0.840. The van der Waals surface area contributed by atoms with Crippen LogP contribution in [0.2, 0.25) is 0 Å². The molecule has 4 nitrogen and oxygen atoms in total. The summed E-state index contributed by atoms with van der Waals surface area (Å²) in [6.45, 7) is 2.50. The molecule has 0 radical (unpaired) electrons. The molecule has 1 aromatic rings. The first kappa shape index (κ1) is 10.2. The van der Waals surface area contributed by atoms with Gasteiger partial charge in [-0.15, -0.1) is 0 Å². The van der Waals surface area contributed by atoms with E-state index < -0.39 is 0 Å². The fourth-order valence-electron chi connectivity index (χ4n) is 0.978. The molecule has 0 atom stereocenters. The van der Waals surface area contributed by atoms with Crippen LogP contribution in [0, 0.1) is 6.92 Å². The molecule has 1 N–H and O–H groups in total. The maximum absolute atomic E-state index is 11.5. The van der Waals surface area contributed by atoms with Crippen LogP contribution in [-0.2, 0) is 7.05 Å². The molecule has 72 valence electrons. The van der Waals surface area contributed by atoms with Crippen molar-refractivity contribution in [1.82, 2.24) is 15.1 Å². The molecule has 0 spiro atoms. The second-order valence-electron chi connectivity index (χ2n) is 2.71. The van der Waals surface area contributed by atoms with Crippen molar-refractivity contribution in [2.45, 2.75) is 6.92 Å². The number of hydrogen-bond donors (Lipinski definition) is 1. The fourth-order valence-corrected chi connectivity index (χ4v) is 1.18. The Labute approximate surface area is 85.4 Å². The molecule has 1 rings (SSSR count). The van der Waals surface area contributed by atoms with Gasteiger partial charge >= 0.3 is 0 Å². The van der Waals surface area contributed by atoms with Crippen LogP contribution in [0.5, 0.6) is 0 Å². The van der Waals surface area contributed by atoms with E-state index in [1.54, 1.807) is 10.9 Å². The number of aromatic nitrogens is 2. The molecule has 5 heteroatoms. The number of hydrogen-bond acceptors (Lipinski definition) is 2. The van der Waals surface area contributed by atoms with Gasteiger partial charge in [-0.1, -0.05) is 15.9 Å². The van der Waals surface area contributed by atoms with E-state index in [0.717, 1.165) is 11.0 Å². The lowest BCUT2D eigenvalue weighted by atomic mass is 10.2. The molecule has 13 heavy (non-hydrogen) atoms. The number of carbonyl (C=O) groups is 1. The molecule has 0 bridgehead atoms. The van der Waals surface area contributed by atoms with E-state index in [9.17, 15) is 4.79 Å². The van der Waals surface area contributed by atoms with Gasteiger partial charge in [-0.05, 0) is 6.92 Å². The monoisotopic (exact) mass is 245 g/mol. The summed E-state index contributed by atoms with van der Waals surface area (Å²) < 4.78 is 1.68. The van der Waals surface area contributed by atoms with E-state index in [4.69, 9.17) is 0 Å². The summed E-state index contributed by atoms with van der Waals surface area (Å²) >= 11 is 3.24. The van der Waals surface area contributed by atoms with Crippen LogP contribution < -0.4 is 5.32 Å². The SMILES string of the molecule is Cc1c(C(=O)NCCBr)cnn1C. The van der Waals surface area contributed by atoms with Gasteiger partial charge in [0, 0.05) is 24.6 Å². The largest absolute Gasteiger partial charge is 0.351 e. The van der Waals surface area contributed by atoms with Crippen molar-refractivity contribution in [3.05, 3.63) is 17.5 Å². The van der Waals surface area contributed by atoms with Crippen molar-refractivity contribution >= 4 is 21.8 Å². The molecule has 1 amide bonds. The van der Waals surface area contributed by atoms with E-state index in [2.05, 4.69) is 26.3 Å². The highest BCUT2D eigenvalue weighted by Gasteiger charge is 2.11. The maximum atomic E-state index is 11.5. The number of halogens is 1. The summed E-state index contributed by atoms with van der Waals surface area (Å²) in [5.74, 6) is -0.0648. The van der Waals surface area contributed by atoms with Crippen molar-refractivity contribution in [2.75, 3.05) is 11.9 Å². The van der Waals surface area contributed by atoms with Crippen LogP contribution >= 0.6 is 15.9 Å². The Morgan fingerprint density at radius 3 is 2.92 bits per heavy atom. The smallest absolute Gasteiger partial charge is 0.254 e. The van der Waals surface area contributed by atoms with Gasteiger partial charge in [-0.3, -0.25) is 9.48 Å². The van der Waals surface area contributed by atoms with Crippen LogP contribution in [0.15, 0.2) is 6.20 Å². The van der Waals surface area contributed by atoms with Gasteiger partial charge in [0.1, 0.15) is 0 Å². The Balaban J connectivity index is 2.71. The summed E-state index contributed by atoms with van der Waals surface area (Å²) in [4.78, 5) is 11.5. The van der Waals surface area contributed by atoms with Gasteiger partial charge < -0.3 is 5.32 Å². The molecular weight excluding hydrogens is 234 g/mol. The lowest BCUT2D eigenvalue weighted by Gasteiger charge is -2.01. The molecule has 1 heterocycles. The van der Waals surface area contributed by atoms with Crippen LogP contribution in [0.25, 0.3) is 0 Å². The number of rotatable bonds is 3. The summed E-state index contributed by atoms with van der Waals surface area (Å²) in [5, 5.41) is 7.52. The fraction of sp³-hybridized carbons (Fsp3) is 0.500. The third-order valence-electron chi connectivity index (χ3n) is 1.86. The summed E-state index contributed by atoms with van der Waals surface area (Å²) in [7, 11) is 1.82. The number of alkyl halides is 1. The van der Waals surface area contributed by atoms with Crippen LogP contribution in [0.1, 0.15) is 16.1 Å². The molecule has 0 saturated heterocycles. The molecule has 0 aromatic carbocycles. The van der Waals surface area contributed by atoms with Crippen LogP contribution in [0.3, 0.4) is 0 Å². The molecule has 0 aliphatic carbocycles. The van der Waals surface area contributed by atoms with Gasteiger partial charge in [0.05, 0.1) is 11.8 Å². The van der Waals surface area contributed by atoms with Crippen LogP contribution in [0.4, 0.5) is 0 Å². The normalized spacial score (nSPS) is 10.1. The average molecular weight is 246 g/mol. The lowest BCUT2D eigenvalue weighted by Crippen LogP contribution is -2.25. The second kappa shape index (κ2) is 4.41. The standard InChI is InChI=1S/C8H12BrN3O/c1-6-7(5-11-12(6)2)8(13)10-4-3-9/h5H,3-4H2,1-2H3,(H,10,13). The number of carbonyl (C=O) groups excluding carboxylic acids is 1. The van der Waals surface area contributed by atoms with E-state index >= 15 is 0 Å². The second-order valence-corrected chi connectivity index (χ2v) is 3.51. The summed E-state index contributed by atoms with van der Waals surface area (Å²) in [6.07, 6.45) is 1.58. The van der Waals surface area contributed by atoms with Crippen LogP contribution in [-0.4, -0.2) is 27.6 Å². The maximum Gasteiger partial charge on any atom is 0.254 e. The average Bonchev–Trinajstić information content (AvgIpc) is 2.44. The predicted molar refractivity (Wildman–Crippen MR) is 54.1 cm³/mol. The van der Waals surface area contributed by atoms with E-state index in [1.165, 1.54) is 0 Å². The highest BCUT2D eigenvalue weighted by Crippen LogP contribution is 2.04. The summed E-state index contributed by atoms with van der Waals surface area (Å²) in [6, 6.07) is 0. The Kier molecular flexibility index (Phi) is 3.48. The minimum Gasteiger partial charge on any atom is -0.351 e. The molecular formula is C8H12BrN3O. The van der Waals surface area contributed by atoms with E-state index in [1.807, 2.05) is 14.0 Å². The zero-order valence-corrected chi connectivity index (χ0v) is 9.26. The first-order chi connectivity index (χ1) is 6.16. The Morgan fingerprint density at radius 1 is 1.77 bits per heavy atom. The van der Waals surface area contributed by atoms with Crippen molar-refractivity contribution in [3.8, 4) is 0 Å². The van der Waals surface area contributed by atoms with Crippen molar-refractivity contribution in [2.24, 2.45) is 7.05 Å². The zero-order chi connectivity index (χ0) is 9.84. The van der Waals surface area contributed by atoms with Gasteiger partial charge in [0.25, 0.3) is 5.91 Å². The van der Waals surface area contributed by atoms with Gasteiger partial charge in [-0.25, -0.2) is 0 Å². The topological polar surface area (TPSA) is 46.9 Å². The molecule has 0 saturated carbocycles. The first-order valence-corrected chi connectivity index (χ1v) is 5.11. The highest BCUT2D eigenvalue weighted by molar-refractivity contribution is 9.09. The van der Waals surface area contributed by atoms with Crippen molar-refractivity contribution in [1.29, 1.82) is 0 Å². The van der Waals surface area contributed by atoms with Crippen molar-refractivity contribution in [3.63, 3.8) is 0 Å². The zero-order valence-electron chi connectivity index (χ0n) is 7.67. The molecule has 0 aliphatic heterocycles. The highest BCUT2D eigenvalue weighted by atomic mass is 79.9. The number of nitrogens with one attached hydrogen (secondary N) is 1. The number of aryl methyl sites for hydroxylation is 1. The van der Waals surface area contributed by atoms with Gasteiger partial charge in [-0.2, -0.15) is 5.10 Å². The predicted octanol–water partition coefficient (Wildman–Crippen LogP) is 0.853. The van der Waals surface area contributed by atoms with Crippen molar-refractivity contribution < 1.29 is 4.79 Å². The number of amides is 1. The third-order valence-corrected chi connectivity index (χ3v) is 2.26. The Bertz CT molecular complexity index is 308. The quantitative estimate of drug-likeness (QED) is 0.804. The minimum atomic E-state index is -0.0648. The number of nitrogens with zero attached hydrogens (tertiary/aromatic N) is 2. The summed E-state index contributed by atoms with van der Waals surface area (Å²) in [5.41, 5.74) is 1.52. The van der Waals surface area contributed by atoms with Gasteiger partial charge in [0.15, 0.2) is 0 Å². The molecule has 0 aliphatic rings.